The minimum absolute atomic E-state index is 0.000331. The quantitative estimate of drug-likeness (QED) is 0.389. The first-order valence-corrected chi connectivity index (χ1v) is 12.1. The van der Waals surface area contributed by atoms with Gasteiger partial charge in [0.2, 0.25) is 5.91 Å². The Bertz CT molecular complexity index is 1400. The first-order valence-electron chi connectivity index (χ1n) is 12.1. The number of carbonyl (C=O) groups excluding carboxylic acids is 1. The number of alkyl halides is 3. The van der Waals surface area contributed by atoms with Crippen LogP contribution in [0.4, 0.5) is 19.0 Å². The van der Waals surface area contributed by atoms with Crippen molar-refractivity contribution in [2.45, 2.75) is 38.0 Å². The van der Waals surface area contributed by atoms with Crippen LogP contribution in [0.25, 0.3) is 16.7 Å². The van der Waals surface area contributed by atoms with Gasteiger partial charge in [-0.1, -0.05) is 30.3 Å². The Labute approximate surface area is 211 Å². The summed E-state index contributed by atoms with van der Waals surface area (Å²) in [6.07, 6.45) is -0.621. The van der Waals surface area contributed by atoms with Crippen LogP contribution in [-0.4, -0.2) is 45.0 Å². The molecule has 2 aromatic heterocycles. The van der Waals surface area contributed by atoms with Gasteiger partial charge in [0.05, 0.1) is 30.1 Å². The number of hydrogen-bond acceptors (Lipinski definition) is 5. The van der Waals surface area contributed by atoms with Crippen molar-refractivity contribution in [3.8, 4) is 5.82 Å². The van der Waals surface area contributed by atoms with E-state index in [2.05, 4.69) is 20.4 Å². The highest BCUT2D eigenvalue weighted by Gasteiger charge is 2.30. The zero-order chi connectivity index (χ0) is 26.0. The standard InChI is InChI=1S/C27H26F3N5O2/c28-27(29,30)20-6-3-5-18(13-20)15-31-26(37)14-19-16-35(23-9-2-1-8-22(19)23)25-11-10-24(32-33-25)34-12-4-7-21(34)17-36/h1-3,5-6,8-11,13,16,21,36H,4,7,12,14-15,17H2,(H,31,37). The second kappa shape index (κ2) is 10.2. The summed E-state index contributed by atoms with van der Waals surface area (Å²) in [6.45, 7) is 0.899. The molecule has 5 rings (SSSR count). The number of amides is 1. The number of benzene rings is 2. The lowest BCUT2D eigenvalue weighted by Crippen LogP contribution is -2.32. The van der Waals surface area contributed by atoms with E-state index in [1.165, 1.54) is 6.07 Å². The van der Waals surface area contributed by atoms with E-state index in [9.17, 15) is 23.1 Å². The Morgan fingerprint density at radius 2 is 1.84 bits per heavy atom. The molecular weight excluding hydrogens is 483 g/mol. The van der Waals surface area contributed by atoms with E-state index in [0.717, 1.165) is 48.0 Å². The number of para-hydroxylation sites is 1. The average Bonchev–Trinajstić information content (AvgIpc) is 3.52. The van der Waals surface area contributed by atoms with E-state index in [4.69, 9.17) is 0 Å². The van der Waals surface area contributed by atoms with Gasteiger partial charge in [-0.25, -0.2) is 0 Å². The number of carbonyl (C=O) groups is 1. The number of nitrogens with one attached hydrogen (secondary N) is 1. The molecule has 0 radical (unpaired) electrons. The van der Waals surface area contributed by atoms with Gasteiger partial charge in [0, 0.05) is 24.7 Å². The van der Waals surface area contributed by atoms with Crippen LogP contribution in [0.3, 0.4) is 0 Å². The molecule has 0 saturated carbocycles. The Morgan fingerprint density at radius 1 is 1.05 bits per heavy atom. The van der Waals surface area contributed by atoms with Crippen LogP contribution in [-0.2, 0) is 23.9 Å². The summed E-state index contributed by atoms with van der Waals surface area (Å²) >= 11 is 0. The van der Waals surface area contributed by atoms with Crippen molar-refractivity contribution in [3.05, 3.63) is 83.6 Å². The maximum Gasteiger partial charge on any atom is 0.416 e. The number of halogens is 3. The molecule has 0 bridgehead atoms. The summed E-state index contributed by atoms with van der Waals surface area (Å²) in [7, 11) is 0. The van der Waals surface area contributed by atoms with Crippen LogP contribution >= 0.6 is 0 Å². The molecule has 3 heterocycles. The molecule has 7 nitrogen and oxygen atoms in total. The van der Waals surface area contributed by atoms with Crippen molar-refractivity contribution in [1.29, 1.82) is 0 Å². The highest BCUT2D eigenvalue weighted by atomic mass is 19.4. The summed E-state index contributed by atoms with van der Waals surface area (Å²) in [6, 6.07) is 16.3. The van der Waals surface area contributed by atoms with Crippen molar-refractivity contribution >= 4 is 22.6 Å². The number of hydrogen-bond donors (Lipinski definition) is 2. The molecule has 37 heavy (non-hydrogen) atoms. The van der Waals surface area contributed by atoms with Gasteiger partial charge in [-0.05, 0) is 54.3 Å². The molecule has 0 aliphatic carbocycles. The van der Waals surface area contributed by atoms with Crippen molar-refractivity contribution in [2.24, 2.45) is 0 Å². The first kappa shape index (κ1) is 24.8. The molecule has 1 unspecified atom stereocenters. The molecule has 1 fully saturated rings. The summed E-state index contributed by atoms with van der Waals surface area (Å²) < 4.78 is 40.8. The maximum absolute atomic E-state index is 13.0. The van der Waals surface area contributed by atoms with Crippen LogP contribution in [0.2, 0.25) is 0 Å². The predicted molar refractivity (Wildman–Crippen MR) is 133 cm³/mol. The summed E-state index contributed by atoms with van der Waals surface area (Å²) in [4.78, 5) is 14.8. The lowest BCUT2D eigenvalue weighted by molar-refractivity contribution is -0.137. The highest BCUT2D eigenvalue weighted by Crippen LogP contribution is 2.30. The van der Waals surface area contributed by atoms with Gasteiger partial charge in [0.1, 0.15) is 0 Å². The first-order chi connectivity index (χ1) is 17.8. The number of aliphatic hydroxyl groups is 1. The van der Waals surface area contributed by atoms with Crippen molar-refractivity contribution < 1.29 is 23.1 Å². The Balaban J connectivity index is 1.33. The Morgan fingerprint density at radius 3 is 2.59 bits per heavy atom. The van der Waals surface area contributed by atoms with Crippen LogP contribution in [0.15, 0.2) is 66.9 Å². The largest absolute Gasteiger partial charge is 0.416 e. The van der Waals surface area contributed by atoms with E-state index < -0.39 is 11.7 Å². The zero-order valence-corrected chi connectivity index (χ0v) is 19.9. The van der Waals surface area contributed by atoms with Gasteiger partial charge >= 0.3 is 6.18 Å². The molecule has 1 saturated heterocycles. The van der Waals surface area contributed by atoms with Crippen molar-refractivity contribution in [2.75, 3.05) is 18.1 Å². The zero-order valence-electron chi connectivity index (χ0n) is 19.9. The molecule has 0 spiro atoms. The van der Waals surface area contributed by atoms with Gasteiger partial charge in [-0.3, -0.25) is 9.36 Å². The minimum atomic E-state index is -4.43. The van der Waals surface area contributed by atoms with Crippen LogP contribution < -0.4 is 10.2 Å². The molecule has 1 aliphatic heterocycles. The molecule has 1 atom stereocenters. The summed E-state index contributed by atoms with van der Waals surface area (Å²) in [5, 5.41) is 22.0. The Hall–Kier alpha value is -3.92. The van der Waals surface area contributed by atoms with Crippen molar-refractivity contribution in [1.82, 2.24) is 20.1 Å². The highest BCUT2D eigenvalue weighted by molar-refractivity contribution is 5.90. The molecule has 1 aliphatic rings. The third-order valence-corrected chi connectivity index (χ3v) is 6.65. The number of nitrogens with zero attached hydrogens (tertiary/aromatic N) is 4. The van der Waals surface area contributed by atoms with Crippen LogP contribution in [0, 0.1) is 0 Å². The second-order valence-electron chi connectivity index (χ2n) is 9.11. The third-order valence-electron chi connectivity index (χ3n) is 6.65. The maximum atomic E-state index is 13.0. The molecule has 10 heteroatoms. The normalized spacial score (nSPS) is 15.9. The monoisotopic (exact) mass is 509 g/mol. The lowest BCUT2D eigenvalue weighted by Gasteiger charge is -2.23. The van der Waals surface area contributed by atoms with Crippen LogP contribution in [0.1, 0.15) is 29.5 Å². The third kappa shape index (κ3) is 5.29. The fraction of sp³-hybridized carbons (Fsp3) is 0.296. The lowest BCUT2D eigenvalue weighted by atomic mass is 10.1. The van der Waals surface area contributed by atoms with Crippen molar-refractivity contribution in [3.63, 3.8) is 0 Å². The van der Waals surface area contributed by atoms with E-state index in [-0.39, 0.29) is 31.5 Å². The van der Waals surface area contributed by atoms with Crippen LogP contribution in [0.5, 0.6) is 0 Å². The number of fused-ring (bicyclic) bond motifs is 1. The molecule has 2 N–H and O–H groups in total. The molecule has 1 amide bonds. The number of anilines is 1. The predicted octanol–water partition coefficient (Wildman–Crippen LogP) is 4.26. The molecule has 192 valence electrons. The fourth-order valence-corrected chi connectivity index (χ4v) is 4.80. The fourth-order valence-electron chi connectivity index (χ4n) is 4.80. The van der Waals surface area contributed by atoms with E-state index in [1.807, 2.05) is 47.2 Å². The van der Waals surface area contributed by atoms with Gasteiger partial charge in [-0.2, -0.15) is 13.2 Å². The van der Waals surface area contributed by atoms with E-state index in [0.29, 0.717) is 17.2 Å². The Kier molecular flexibility index (Phi) is 6.84. The molecule has 4 aromatic rings. The van der Waals surface area contributed by atoms with Gasteiger partial charge in [0.25, 0.3) is 0 Å². The van der Waals surface area contributed by atoms with E-state index in [1.54, 1.807) is 6.07 Å². The van der Waals surface area contributed by atoms with Gasteiger partial charge in [-0.15, -0.1) is 10.2 Å². The SMILES string of the molecule is O=C(Cc1cn(-c2ccc(N3CCCC3CO)nn2)c2ccccc12)NCc1cccc(C(F)(F)F)c1. The number of rotatable bonds is 7. The minimum Gasteiger partial charge on any atom is -0.394 e. The average molecular weight is 510 g/mol. The number of aliphatic hydroxyl groups excluding tert-OH is 1. The van der Waals surface area contributed by atoms with Gasteiger partial charge < -0.3 is 15.3 Å². The molecular formula is C27H26F3N5O2. The van der Waals surface area contributed by atoms with E-state index >= 15 is 0 Å². The smallest absolute Gasteiger partial charge is 0.394 e. The molecule has 2 aromatic carbocycles. The second-order valence-corrected chi connectivity index (χ2v) is 9.11. The topological polar surface area (TPSA) is 83.3 Å². The summed E-state index contributed by atoms with van der Waals surface area (Å²) in [5.74, 6) is 1.01. The van der Waals surface area contributed by atoms with Gasteiger partial charge in [0.15, 0.2) is 11.6 Å². The number of aromatic nitrogens is 3. The summed E-state index contributed by atoms with van der Waals surface area (Å²) in [5.41, 5.74) is 1.26.